The lowest BCUT2D eigenvalue weighted by Crippen LogP contribution is -2.12. The van der Waals surface area contributed by atoms with Crippen LogP contribution in [-0.4, -0.2) is 19.3 Å². The van der Waals surface area contributed by atoms with Gasteiger partial charge < -0.3 is 5.32 Å². The smallest absolute Gasteiger partial charge is 0.267 e. The second-order valence-corrected chi connectivity index (χ2v) is 9.41. The van der Waals surface area contributed by atoms with Gasteiger partial charge >= 0.3 is 0 Å². The number of anilines is 2. The standard InChI is InChI=1S/C20H20FN3O3S2/c1-12(2)14-4-8-16(9-5-14)23-19(25)18-13(3)22-20(28-18)24-29(26,27)17-10-6-15(21)7-11-17/h4-12H,1-3H3,(H,22,24)(H,23,25). The first-order chi connectivity index (χ1) is 13.7. The Morgan fingerprint density at radius 2 is 1.69 bits per heavy atom. The van der Waals surface area contributed by atoms with Gasteiger partial charge in [-0.15, -0.1) is 0 Å². The Balaban J connectivity index is 1.75. The highest BCUT2D eigenvalue weighted by Crippen LogP contribution is 2.26. The van der Waals surface area contributed by atoms with Crippen molar-refractivity contribution < 1.29 is 17.6 Å². The van der Waals surface area contributed by atoms with E-state index >= 15 is 0 Å². The molecule has 1 aromatic heterocycles. The van der Waals surface area contributed by atoms with E-state index in [-0.39, 0.29) is 15.9 Å². The molecule has 0 bridgehead atoms. The maximum Gasteiger partial charge on any atom is 0.267 e. The van der Waals surface area contributed by atoms with Crippen LogP contribution in [0, 0.1) is 12.7 Å². The predicted octanol–water partition coefficient (Wildman–Crippen LogP) is 4.77. The molecule has 0 fully saturated rings. The molecule has 1 amide bonds. The van der Waals surface area contributed by atoms with Gasteiger partial charge in [0, 0.05) is 5.69 Å². The number of halogens is 1. The topological polar surface area (TPSA) is 88.2 Å². The Morgan fingerprint density at radius 3 is 2.28 bits per heavy atom. The average molecular weight is 434 g/mol. The van der Waals surface area contributed by atoms with Gasteiger partial charge in [-0.25, -0.2) is 17.8 Å². The number of hydrogen-bond donors (Lipinski definition) is 2. The molecule has 0 unspecified atom stereocenters. The Kier molecular flexibility index (Phi) is 5.99. The molecule has 0 spiro atoms. The number of carbonyl (C=O) groups is 1. The van der Waals surface area contributed by atoms with Crippen molar-refractivity contribution in [3.05, 3.63) is 70.5 Å². The second-order valence-electron chi connectivity index (χ2n) is 6.72. The molecule has 6 nitrogen and oxygen atoms in total. The number of aryl methyl sites for hydroxylation is 1. The summed E-state index contributed by atoms with van der Waals surface area (Å²) in [6.07, 6.45) is 0. The number of nitrogens with one attached hydrogen (secondary N) is 2. The Morgan fingerprint density at radius 1 is 1.07 bits per heavy atom. The number of sulfonamides is 1. The van der Waals surface area contributed by atoms with Gasteiger partial charge in [-0.3, -0.25) is 9.52 Å². The minimum Gasteiger partial charge on any atom is -0.321 e. The number of benzene rings is 2. The third-order valence-corrected chi connectivity index (χ3v) is 6.74. The van der Waals surface area contributed by atoms with Crippen molar-refractivity contribution in [2.24, 2.45) is 0 Å². The first-order valence-electron chi connectivity index (χ1n) is 8.83. The van der Waals surface area contributed by atoms with Crippen LogP contribution < -0.4 is 10.0 Å². The van der Waals surface area contributed by atoms with Gasteiger partial charge in [0.2, 0.25) is 0 Å². The van der Waals surface area contributed by atoms with Crippen LogP contribution in [0.1, 0.15) is 40.7 Å². The van der Waals surface area contributed by atoms with E-state index in [9.17, 15) is 17.6 Å². The molecule has 152 valence electrons. The summed E-state index contributed by atoms with van der Waals surface area (Å²) < 4.78 is 40.2. The number of thiazole rings is 1. The fourth-order valence-electron chi connectivity index (χ4n) is 2.58. The van der Waals surface area contributed by atoms with Gasteiger partial charge in [-0.05, 0) is 54.8 Å². The van der Waals surface area contributed by atoms with Gasteiger partial charge in [0.15, 0.2) is 5.13 Å². The highest BCUT2D eigenvalue weighted by atomic mass is 32.2. The van der Waals surface area contributed by atoms with Crippen LogP contribution in [0.2, 0.25) is 0 Å². The van der Waals surface area contributed by atoms with E-state index in [1.807, 2.05) is 24.3 Å². The van der Waals surface area contributed by atoms with Gasteiger partial charge in [-0.1, -0.05) is 37.3 Å². The molecule has 3 rings (SSSR count). The van der Waals surface area contributed by atoms with Crippen LogP contribution in [0.5, 0.6) is 0 Å². The van der Waals surface area contributed by atoms with Gasteiger partial charge in [0.25, 0.3) is 15.9 Å². The molecule has 0 radical (unpaired) electrons. The number of amides is 1. The van der Waals surface area contributed by atoms with Crippen molar-refractivity contribution in [2.45, 2.75) is 31.6 Å². The molecule has 0 aliphatic heterocycles. The highest BCUT2D eigenvalue weighted by molar-refractivity contribution is 7.93. The van der Waals surface area contributed by atoms with Crippen LogP contribution in [0.25, 0.3) is 0 Å². The first-order valence-corrected chi connectivity index (χ1v) is 11.1. The molecule has 2 aromatic carbocycles. The largest absolute Gasteiger partial charge is 0.321 e. The summed E-state index contributed by atoms with van der Waals surface area (Å²) in [5.74, 6) is -0.515. The second kappa shape index (κ2) is 8.30. The average Bonchev–Trinajstić information content (AvgIpc) is 3.02. The molecule has 2 N–H and O–H groups in total. The number of hydrogen-bond acceptors (Lipinski definition) is 5. The maximum absolute atomic E-state index is 13.0. The summed E-state index contributed by atoms with van der Waals surface area (Å²) in [6.45, 7) is 5.80. The molecular formula is C20H20FN3O3S2. The Hall–Kier alpha value is -2.78. The maximum atomic E-state index is 13.0. The summed E-state index contributed by atoms with van der Waals surface area (Å²) in [4.78, 5) is 16.9. The van der Waals surface area contributed by atoms with E-state index in [0.29, 0.717) is 22.2 Å². The fraction of sp³-hybridized carbons (Fsp3) is 0.200. The fourth-order valence-corrected chi connectivity index (χ4v) is 4.67. The van der Waals surface area contributed by atoms with E-state index in [2.05, 4.69) is 28.9 Å². The minimum atomic E-state index is -3.93. The quantitative estimate of drug-likeness (QED) is 0.586. The lowest BCUT2D eigenvalue weighted by Gasteiger charge is -2.08. The number of aromatic nitrogens is 1. The van der Waals surface area contributed by atoms with Crippen LogP contribution in [-0.2, 0) is 10.0 Å². The van der Waals surface area contributed by atoms with Crippen molar-refractivity contribution in [3.8, 4) is 0 Å². The van der Waals surface area contributed by atoms with Crippen LogP contribution in [0.3, 0.4) is 0 Å². The highest BCUT2D eigenvalue weighted by Gasteiger charge is 2.20. The summed E-state index contributed by atoms with van der Waals surface area (Å²) in [5, 5.41) is 2.85. The van der Waals surface area contributed by atoms with Crippen molar-refractivity contribution in [2.75, 3.05) is 10.0 Å². The van der Waals surface area contributed by atoms with Crippen molar-refractivity contribution in [1.29, 1.82) is 0 Å². The summed E-state index contributed by atoms with van der Waals surface area (Å²) in [7, 11) is -3.93. The third-order valence-electron chi connectivity index (χ3n) is 4.18. The summed E-state index contributed by atoms with van der Waals surface area (Å²) >= 11 is 0.932. The van der Waals surface area contributed by atoms with E-state index in [4.69, 9.17) is 0 Å². The molecule has 1 heterocycles. The van der Waals surface area contributed by atoms with Crippen molar-refractivity contribution in [1.82, 2.24) is 4.98 Å². The predicted molar refractivity (Wildman–Crippen MR) is 113 cm³/mol. The zero-order valence-corrected chi connectivity index (χ0v) is 17.7. The number of nitrogens with zero attached hydrogens (tertiary/aromatic N) is 1. The van der Waals surface area contributed by atoms with E-state index < -0.39 is 15.8 Å². The zero-order chi connectivity index (χ0) is 21.2. The summed E-state index contributed by atoms with van der Waals surface area (Å²) in [5.41, 5.74) is 2.21. The van der Waals surface area contributed by atoms with Gasteiger partial charge in [-0.2, -0.15) is 0 Å². The number of carbonyl (C=O) groups excluding carboxylic acids is 1. The molecular weight excluding hydrogens is 413 g/mol. The molecule has 0 saturated heterocycles. The summed E-state index contributed by atoms with van der Waals surface area (Å²) in [6, 6.07) is 12.0. The molecule has 0 aliphatic carbocycles. The first kappa shape index (κ1) is 20.9. The van der Waals surface area contributed by atoms with Crippen LogP contribution in [0.15, 0.2) is 53.4 Å². The molecule has 29 heavy (non-hydrogen) atoms. The van der Waals surface area contributed by atoms with Crippen molar-refractivity contribution in [3.63, 3.8) is 0 Å². The van der Waals surface area contributed by atoms with E-state index in [1.54, 1.807) is 6.92 Å². The Labute approximate surface area is 172 Å². The SMILES string of the molecule is Cc1nc(NS(=O)(=O)c2ccc(F)cc2)sc1C(=O)Nc1ccc(C(C)C)cc1. The number of rotatable bonds is 6. The van der Waals surface area contributed by atoms with Crippen LogP contribution >= 0.6 is 11.3 Å². The molecule has 0 atom stereocenters. The lowest BCUT2D eigenvalue weighted by molar-refractivity contribution is 0.103. The van der Waals surface area contributed by atoms with E-state index in [1.165, 1.54) is 0 Å². The Bertz CT molecular complexity index is 1120. The van der Waals surface area contributed by atoms with Crippen LogP contribution in [0.4, 0.5) is 15.2 Å². The third kappa shape index (κ3) is 4.99. The molecule has 3 aromatic rings. The van der Waals surface area contributed by atoms with Gasteiger partial charge in [0.1, 0.15) is 10.7 Å². The minimum absolute atomic E-state index is 0.0622. The molecule has 0 aliphatic rings. The molecule has 9 heteroatoms. The lowest BCUT2D eigenvalue weighted by atomic mass is 10.0. The van der Waals surface area contributed by atoms with E-state index in [0.717, 1.165) is 41.2 Å². The molecule has 0 saturated carbocycles. The monoisotopic (exact) mass is 433 g/mol. The van der Waals surface area contributed by atoms with Crippen molar-refractivity contribution >= 4 is 38.1 Å². The normalized spacial score (nSPS) is 11.5. The zero-order valence-electron chi connectivity index (χ0n) is 16.1. The van der Waals surface area contributed by atoms with Gasteiger partial charge in [0.05, 0.1) is 10.6 Å².